The molecule has 4 nitrogen and oxygen atoms in total. The van der Waals surface area contributed by atoms with Crippen molar-refractivity contribution >= 4 is 46.1 Å². The van der Waals surface area contributed by atoms with Gasteiger partial charge >= 0.3 is 0 Å². The number of hydrogen-bond donors (Lipinski definition) is 0. The average molecular weight is 396 g/mol. The number of nitrogens with zero attached hydrogens (tertiary/aromatic N) is 3. The molecule has 1 saturated heterocycles. The molecule has 3 rings (SSSR count). The second-order valence-corrected chi connectivity index (χ2v) is 7.06. The third-order valence-corrected chi connectivity index (χ3v) is 5.47. The number of methoxy groups -OCH3 is 1. The first-order chi connectivity index (χ1) is 12.1. The van der Waals surface area contributed by atoms with E-state index in [1.54, 1.807) is 19.4 Å². The van der Waals surface area contributed by atoms with E-state index in [0.29, 0.717) is 16.5 Å². The minimum absolute atomic E-state index is 0.584. The first kappa shape index (κ1) is 18.2. The molecular weight excluding hydrogens is 377 g/mol. The van der Waals surface area contributed by atoms with Gasteiger partial charge in [-0.05, 0) is 18.2 Å². The van der Waals surface area contributed by atoms with Crippen molar-refractivity contribution in [2.45, 2.75) is 6.42 Å². The monoisotopic (exact) mass is 395 g/mol. The van der Waals surface area contributed by atoms with Crippen LogP contribution >= 0.6 is 35.4 Å². The Balaban J connectivity index is 1.60. The lowest BCUT2D eigenvalue weighted by Crippen LogP contribution is -2.48. The van der Waals surface area contributed by atoms with E-state index in [1.165, 1.54) is 0 Å². The Hall–Kier alpha value is -1.56. The van der Waals surface area contributed by atoms with Gasteiger partial charge in [0.25, 0.3) is 0 Å². The van der Waals surface area contributed by atoms with Gasteiger partial charge in [-0.15, -0.1) is 0 Å². The summed E-state index contributed by atoms with van der Waals surface area (Å²) in [6, 6.07) is 9.49. The van der Waals surface area contributed by atoms with Crippen molar-refractivity contribution < 1.29 is 4.74 Å². The molecule has 0 amide bonds. The second-order valence-electron chi connectivity index (χ2n) is 5.80. The van der Waals surface area contributed by atoms with Gasteiger partial charge in [-0.2, -0.15) is 0 Å². The minimum atomic E-state index is 0.584. The summed E-state index contributed by atoms with van der Waals surface area (Å²) in [4.78, 5) is 9.74. The predicted molar refractivity (Wildman–Crippen MR) is 107 cm³/mol. The molecule has 1 aliphatic heterocycles. The number of ether oxygens (including phenoxy) is 1. The fourth-order valence-electron chi connectivity index (χ4n) is 2.88. The molecule has 0 N–H and O–H groups in total. The van der Waals surface area contributed by atoms with E-state index in [1.807, 2.05) is 24.3 Å². The van der Waals surface area contributed by atoms with E-state index < -0.39 is 0 Å². The summed E-state index contributed by atoms with van der Waals surface area (Å²) >= 11 is 18.1. The summed E-state index contributed by atoms with van der Waals surface area (Å²) in [5.74, 6) is 0.799. The molecule has 0 radical (unpaired) electrons. The molecule has 1 fully saturated rings. The number of piperazine rings is 1. The Morgan fingerprint density at radius 2 is 1.96 bits per heavy atom. The van der Waals surface area contributed by atoms with Gasteiger partial charge in [-0.1, -0.05) is 41.5 Å². The highest BCUT2D eigenvalue weighted by Gasteiger charge is 2.21. The summed E-state index contributed by atoms with van der Waals surface area (Å²) in [6.45, 7) is 3.41. The highest BCUT2D eigenvalue weighted by Crippen LogP contribution is 2.32. The van der Waals surface area contributed by atoms with Gasteiger partial charge in [0.15, 0.2) is 0 Å². The third-order valence-electron chi connectivity index (χ3n) is 4.26. The maximum Gasteiger partial charge on any atom is 0.122 e. The van der Waals surface area contributed by atoms with Crippen LogP contribution in [0.15, 0.2) is 36.5 Å². The average Bonchev–Trinajstić information content (AvgIpc) is 2.64. The summed E-state index contributed by atoms with van der Waals surface area (Å²) in [7, 11) is 1.65. The quantitative estimate of drug-likeness (QED) is 0.727. The highest BCUT2D eigenvalue weighted by molar-refractivity contribution is 7.80. The van der Waals surface area contributed by atoms with Crippen LogP contribution in [-0.4, -0.2) is 48.2 Å². The standard InChI is InChI=1S/C18H19Cl2N3OS/c1-24-14-5-6-21-13(11-14)12-17(25)23-9-7-22(8-10-23)16-4-2-3-15(19)18(16)20/h2-6,11H,7-10,12H2,1H3. The van der Waals surface area contributed by atoms with Gasteiger partial charge in [0, 0.05) is 44.9 Å². The van der Waals surface area contributed by atoms with Crippen LogP contribution in [-0.2, 0) is 6.42 Å². The molecule has 0 bridgehead atoms. The van der Waals surface area contributed by atoms with Gasteiger partial charge < -0.3 is 14.5 Å². The second kappa shape index (κ2) is 8.21. The smallest absolute Gasteiger partial charge is 0.122 e. The lowest BCUT2D eigenvalue weighted by atomic mass is 10.2. The van der Waals surface area contributed by atoms with Crippen LogP contribution in [0.2, 0.25) is 10.0 Å². The number of halogens is 2. The largest absolute Gasteiger partial charge is 0.497 e. The summed E-state index contributed by atoms with van der Waals surface area (Å²) in [5.41, 5.74) is 1.90. The fraction of sp³-hybridized carbons (Fsp3) is 0.333. The molecule has 0 unspecified atom stereocenters. The van der Waals surface area contributed by atoms with Gasteiger partial charge in [0.2, 0.25) is 0 Å². The first-order valence-electron chi connectivity index (χ1n) is 8.04. The molecule has 1 aromatic heterocycles. The Morgan fingerprint density at radius 3 is 2.68 bits per heavy atom. The van der Waals surface area contributed by atoms with E-state index in [4.69, 9.17) is 40.2 Å². The van der Waals surface area contributed by atoms with Crippen LogP contribution in [0.25, 0.3) is 0 Å². The van der Waals surface area contributed by atoms with E-state index in [9.17, 15) is 0 Å². The number of rotatable bonds is 4. The maximum atomic E-state index is 6.33. The van der Waals surface area contributed by atoms with Crippen LogP contribution in [0.4, 0.5) is 5.69 Å². The lowest BCUT2D eigenvalue weighted by Gasteiger charge is -2.37. The van der Waals surface area contributed by atoms with Crippen LogP contribution in [0, 0.1) is 0 Å². The first-order valence-corrected chi connectivity index (χ1v) is 9.20. The number of hydrogen-bond acceptors (Lipinski definition) is 4. The van der Waals surface area contributed by atoms with Crippen LogP contribution in [0.5, 0.6) is 5.75 Å². The lowest BCUT2D eigenvalue weighted by molar-refractivity contribution is 0.386. The Morgan fingerprint density at radius 1 is 1.20 bits per heavy atom. The van der Waals surface area contributed by atoms with Crippen molar-refractivity contribution in [2.24, 2.45) is 0 Å². The maximum absolute atomic E-state index is 6.33. The number of benzene rings is 1. The molecule has 1 aromatic carbocycles. The molecular formula is C18H19Cl2N3OS. The number of pyridine rings is 1. The molecule has 0 spiro atoms. The summed E-state index contributed by atoms with van der Waals surface area (Å²) < 4.78 is 5.24. The number of aromatic nitrogens is 1. The fourth-order valence-corrected chi connectivity index (χ4v) is 3.63. The van der Waals surface area contributed by atoms with Crippen molar-refractivity contribution in [3.8, 4) is 5.75 Å². The molecule has 0 aliphatic carbocycles. The highest BCUT2D eigenvalue weighted by atomic mass is 35.5. The predicted octanol–water partition coefficient (Wildman–Crippen LogP) is 4.09. The van der Waals surface area contributed by atoms with Crippen LogP contribution in [0.1, 0.15) is 5.69 Å². The van der Waals surface area contributed by atoms with E-state index in [0.717, 1.165) is 48.3 Å². The molecule has 2 heterocycles. The molecule has 0 saturated carbocycles. The number of thiocarbonyl (C=S) groups is 1. The van der Waals surface area contributed by atoms with Crippen molar-refractivity contribution in [1.82, 2.24) is 9.88 Å². The molecule has 25 heavy (non-hydrogen) atoms. The normalized spacial score (nSPS) is 14.5. The zero-order valence-electron chi connectivity index (χ0n) is 13.9. The van der Waals surface area contributed by atoms with Gasteiger partial charge in [-0.25, -0.2) is 0 Å². The zero-order chi connectivity index (χ0) is 17.8. The van der Waals surface area contributed by atoms with E-state index in [2.05, 4.69) is 14.8 Å². The molecule has 0 atom stereocenters. The van der Waals surface area contributed by atoms with Gasteiger partial charge in [-0.3, -0.25) is 4.98 Å². The molecule has 132 valence electrons. The third kappa shape index (κ3) is 4.35. The Kier molecular flexibility index (Phi) is 5.99. The van der Waals surface area contributed by atoms with E-state index in [-0.39, 0.29) is 0 Å². The summed E-state index contributed by atoms with van der Waals surface area (Å²) in [6.07, 6.45) is 2.39. The van der Waals surface area contributed by atoms with Gasteiger partial charge in [0.05, 0.1) is 33.5 Å². The number of anilines is 1. The Bertz CT molecular complexity index is 764. The molecule has 7 heteroatoms. The topological polar surface area (TPSA) is 28.6 Å². The van der Waals surface area contributed by atoms with Gasteiger partial charge in [0.1, 0.15) is 5.75 Å². The van der Waals surface area contributed by atoms with Crippen molar-refractivity contribution in [2.75, 3.05) is 38.2 Å². The Labute approximate surface area is 163 Å². The van der Waals surface area contributed by atoms with Crippen molar-refractivity contribution in [3.05, 3.63) is 52.3 Å². The SMILES string of the molecule is COc1ccnc(CC(=S)N2CCN(c3cccc(Cl)c3Cl)CC2)c1. The van der Waals surface area contributed by atoms with E-state index >= 15 is 0 Å². The van der Waals surface area contributed by atoms with Crippen molar-refractivity contribution in [3.63, 3.8) is 0 Å². The summed E-state index contributed by atoms with van der Waals surface area (Å²) in [5, 5.41) is 1.20. The molecule has 2 aromatic rings. The molecule has 1 aliphatic rings. The van der Waals surface area contributed by atoms with Crippen LogP contribution in [0.3, 0.4) is 0 Å². The van der Waals surface area contributed by atoms with Crippen LogP contribution < -0.4 is 9.64 Å². The van der Waals surface area contributed by atoms with Crippen molar-refractivity contribution in [1.29, 1.82) is 0 Å². The zero-order valence-corrected chi connectivity index (χ0v) is 16.2. The minimum Gasteiger partial charge on any atom is -0.497 e.